The summed E-state index contributed by atoms with van der Waals surface area (Å²) in [5, 5.41) is 30.1. The highest BCUT2D eigenvalue weighted by Gasteiger charge is 2.09. The lowest BCUT2D eigenvalue weighted by Gasteiger charge is -2.11. The molecule has 0 unspecified atom stereocenters. The molecule has 0 aliphatic heterocycles. The molecular formula is C20H19FN6O2. The lowest BCUT2D eigenvalue weighted by atomic mass is 10.1. The molecule has 0 amide bonds. The molecule has 0 aliphatic carbocycles. The normalized spacial score (nSPS) is 12.0. The maximum absolute atomic E-state index is 14.2. The molecule has 3 aromatic rings. The molecule has 0 atom stereocenters. The van der Waals surface area contributed by atoms with Gasteiger partial charge in [-0.25, -0.2) is 9.37 Å². The van der Waals surface area contributed by atoms with Gasteiger partial charge in [0.1, 0.15) is 0 Å². The lowest BCUT2D eigenvalue weighted by molar-refractivity contribution is 0.319. The summed E-state index contributed by atoms with van der Waals surface area (Å²) in [4.78, 5) is 8.15. The SMILES string of the molecule is CC(=NO)c1cccc(Nc2ncc(F)c(Nc3cccc(C(C)=NO)c3)n2)c1. The maximum atomic E-state index is 14.2. The second-order valence-corrected chi connectivity index (χ2v) is 6.17. The van der Waals surface area contributed by atoms with Crippen LogP contribution in [0.2, 0.25) is 0 Å². The predicted octanol–water partition coefficient (Wildman–Crippen LogP) is 4.50. The average molecular weight is 394 g/mol. The van der Waals surface area contributed by atoms with E-state index in [4.69, 9.17) is 10.4 Å². The Kier molecular flexibility index (Phi) is 5.98. The number of anilines is 4. The Morgan fingerprint density at radius 1 is 0.897 bits per heavy atom. The van der Waals surface area contributed by atoms with Crippen LogP contribution in [-0.2, 0) is 0 Å². The molecule has 29 heavy (non-hydrogen) atoms. The molecule has 8 nitrogen and oxygen atoms in total. The van der Waals surface area contributed by atoms with Crippen molar-refractivity contribution in [2.45, 2.75) is 13.8 Å². The summed E-state index contributed by atoms with van der Waals surface area (Å²) in [6, 6.07) is 14.1. The van der Waals surface area contributed by atoms with Crippen molar-refractivity contribution in [3.8, 4) is 0 Å². The summed E-state index contributed by atoms with van der Waals surface area (Å²) >= 11 is 0. The fraction of sp³-hybridized carbons (Fsp3) is 0.100. The number of hydrogen-bond donors (Lipinski definition) is 4. The van der Waals surface area contributed by atoms with Crippen molar-refractivity contribution in [3.63, 3.8) is 0 Å². The number of nitrogens with zero attached hydrogens (tertiary/aromatic N) is 4. The molecule has 1 aromatic heterocycles. The first kappa shape index (κ1) is 19.7. The van der Waals surface area contributed by atoms with Crippen LogP contribution in [-0.4, -0.2) is 31.8 Å². The topological polar surface area (TPSA) is 115 Å². The minimum atomic E-state index is -0.620. The van der Waals surface area contributed by atoms with E-state index in [0.717, 1.165) is 11.8 Å². The first-order valence-electron chi connectivity index (χ1n) is 8.65. The monoisotopic (exact) mass is 394 g/mol. The second kappa shape index (κ2) is 8.79. The molecule has 0 fully saturated rings. The third kappa shape index (κ3) is 4.83. The number of rotatable bonds is 6. The van der Waals surface area contributed by atoms with Gasteiger partial charge in [-0.2, -0.15) is 4.98 Å². The molecule has 0 saturated carbocycles. The molecule has 0 saturated heterocycles. The highest BCUT2D eigenvalue weighted by Crippen LogP contribution is 2.22. The molecule has 9 heteroatoms. The molecule has 0 spiro atoms. The third-order valence-corrected chi connectivity index (χ3v) is 4.12. The van der Waals surface area contributed by atoms with E-state index >= 15 is 0 Å². The van der Waals surface area contributed by atoms with Gasteiger partial charge in [0.15, 0.2) is 11.6 Å². The van der Waals surface area contributed by atoms with E-state index in [1.165, 1.54) is 0 Å². The van der Waals surface area contributed by atoms with Crippen molar-refractivity contribution in [3.05, 3.63) is 71.7 Å². The summed E-state index contributed by atoms with van der Waals surface area (Å²) in [5.74, 6) is -0.443. The summed E-state index contributed by atoms with van der Waals surface area (Å²) in [6.07, 6.45) is 1.06. The fourth-order valence-corrected chi connectivity index (χ4v) is 2.54. The van der Waals surface area contributed by atoms with Crippen molar-refractivity contribution in [1.82, 2.24) is 9.97 Å². The van der Waals surface area contributed by atoms with Gasteiger partial charge in [0.25, 0.3) is 0 Å². The van der Waals surface area contributed by atoms with E-state index in [9.17, 15) is 4.39 Å². The van der Waals surface area contributed by atoms with Gasteiger partial charge in [0.2, 0.25) is 5.95 Å². The average Bonchev–Trinajstić information content (AvgIpc) is 2.75. The molecule has 148 valence electrons. The van der Waals surface area contributed by atoms with Crippen LogP contribution in [0.1, 0.15) is 25.0 Å². The lowest BCUT2D eigenvalue weighted by Crippen LogP contribution is -2.04. The van der Waals surface area contributed by atoms with Crippen molar-refractivity contribution >= 4 is 34.6 Å². The van der Waals surface area contributed by atoms with Crippen LogP contribution in [0.15, 0.2) is 65.0 Å². The number of benzene rings is 2. The summed E-state index contributed by atoms with van der Waals surface area (Å²) in [5.41, 5.74) is 3.52. The Labute approximate surface area is 166 Å². The Bertz CT molecular complexity index is 1080. The van der Waals surface area contributed by atoms with Gasteiger partial charge in [0.05, 0.1) is 17.6 Å². The van der Waals surface area contributed by atoms with Crippen LogP contribution in [0.4, 0.5) is 27.5 Å². The molecular weight excluding hydrogens is 375 g/mol. The van der Waals surface area contributed by atoms with Gasteiger partial charge in [-0.15, -0.1) is 0 Å². The summed E-state index contributed by atoms with van der Waals surface area (Å²) in [6.45, 7) is 3.33. The molecule has 0 radical (unpaired) electrons. The number of oxime groups is 2. The summed E-state index contributed by atoms with van der Waals surface area (Å²) in [7, 11) is 0. The van der Waals surface area contributed by atoms with Crippen molar-refractivity contribution in [2.75, 3.05) is 10.6 Å². The van der Waals surface area contributed by atoms with E-state index in [2.05, 4.69) is 30.9 Å². The second-order valence-electron chi connectivity index (χ2n) is 6.17. The van der Waals surface area contributed by atoms with Gasteiger partial charge in [-0.05, 0) is 38.1 Å². The molecule has 3 rings (SSSR count). The number of aromatic nitrogens is 2. The summed E-state index contributed by atoms with van der Waals surface area (Å²) < 4.78 is 14.2. The van der Waals surface area contributed by atoms with Gasteiger partial charge < -0.3 is 21.0 Å². The predicted molar refractivity (Wildman–Crippen MR) is 109 cm³/mol. The van der Waals surface area contributed by atoms with Gasteiger partial charge in [-0.3, -0.25) is 0 Å². The first-order valence-corrected chi connectivity index (χ1v) is 8.65. The minimum absolute atomic E-state index is 0.0116. The molecule has 2 aromatic carbocycles. The highest BCUT2D eigenvalue weighted by molar-refractivity contribution is 5.99. The fourth-order valence-electron chi connectivity index (χ4n) is 2.54. The van der Waals surface area contributed by atoms with Crippen molar-refractivity contribution in [1.29, 1.82) is 0 Å². The van der Waals surface area contributed by atoms with Crippen molar-refractivity contribution < 1.29 is 14.8 Å². The number of hydrogen-bond acceptors (Lipinski definition) is 8. The van der Waals surface area contributed by atoms with Crippen LogP contribution >= 0.6 is 0 Å². The van der Waals surface area contributed by atoms with Gasteiger partial charge >= 0.3 is 0 Å². The molecule has 1 heterocycles. The Morgan fingerprint density at radius 2 is 1.45 bits per heavy atom. The minimum Gasteiger partial charge on any atom is -0.411 e. The van der Waals surface area contributed by atoms with Gasteiger partial charge in [-0.1, -0.05) is 34.6 Å². The number of nitrogens with one attached hydrogen (secondary N) is 2. The highest BCUT2D eigenvalue weighted by atomic mass is 19.1. The first-order chi connectivity index (χ1) is 14.0. The molecule has 0 aliphatic rings. The smallest absolute Gasteiger partial charge is 0.229 e. The Morgan fingerprint density at radius 3 is 2.00 bits per heavy atom. The van der Waals surface area contributed by atoms with E-state index in [1.54, 1.807) is 62.4 Å². The van der Waals surface area contributed by atoms with Crippen LogP contribution < -0.4 is 10.6 Å². The van der Waals surface area contributed by atoms with Crippen LogP contribution in [0, 0.1) is 5.82 Å². The molecule has 0 bridgehead atoms. The van der Waals surface area contributed by atoms with Crippen LogP contribution in [0.25, 0.3) is 0 Å². The zero-order valence-corrected chi connectivity index (χ0v) is 15.8. The van der Waals surface area contributed by atoms with E-state index in [1.807, 2.05) is 0 Å². The third-order valence-electron chi connectivity index (χ3n) is 4.12. The Hall–Kier alpha value is -4.01. The van der Waals surface area contributed by atoms with Crippen LogP contribution in [0.5, 0.6) is 0 Å². The van der Waals surface area contributed by atoms with Crippen molar-refractivity contribution in [2.24, 2.45) is 10.3 Å². The molecule has 4 N–H and O–H groups in total. The largest absolute Gasteiger partial charge is 0.411 e. The van der Waals surface area contributed by atoms with Crippen LogP contribution in [0.3, 0.4) is 0 Å². The standard InChI is InChI=1S/C20H19FN6O2/c1-12(26-28)14-5-3-7-16(9-14)23-19-18(21)11-22-20(25-19)24-17-8-4-6-15(10-17)13(2)27-29/h3-11,28-29H,1-2H3,(H2,22,23,24,25). The zero-order valence-electron chi connectivity index (χ0n) is 15.8. The van der Waals surface area contributed by atoms with Gasteiger partial charge in [0, 0.05) is 22.5 Å². The quantitative estimate of drug-likeness (QED) is 0.278. The van der Waals surface area contributed by atoms with E-state index in [-0.39, 0.29) is 11.8 Å². The van der Waals surface area contributed by atoms with E-state index < -0.39 is 5.82 Å². The zero-order chi connectivity index (χ0) is 20.8. The number of halogens is 1. The van der Waals surface area contributed by atoms with E-state index in [0.29, 0.717) is 28.4 Å². The Balaban J connectivity index is 1.84. The maximum Gasteiger partial charge on any atom is 0.229 e.